The second kappa shape index (κ2) is 5.98. The lowest BCUT2D eigenvalue weighted by Gasteiger charge is -2.33. The number of rotatable bonds is 4. The minimum Gasteiger partial charge on any atom is -0.481 e. The molecule has 0 aromatic carbocycles. The Morgan fingerprint density at radius 1 is 1.53 bits per heavy atom. The third-order valence-corrected chi connectivity index (χ3v) is 3.25. The van der Waals surface area contributed by atoms with Crippen LogP contribution >= 0.6 is 0 Å². The van der Waals surface area contributed by atoms with E-state index in [-0.39, 0.29) is 0 Å². The highest BCUT2D eigenvalue weighted by Gasteiger charge is 2.17. The van der Waals surface area contributed by atoms with Crippen LogP contribution < -0.4 is 10.1 Å². The predicted molar refractivity (Wildman–Crippen MR) is 68.1 cm³/mol. The second-order valence-electron chi connectivity index (χ2n) is 4.50. The molecule has 2 heterocycles. The zero-order valence-electron chi connectivity index (χ0n) is 10.6. The van der Waals surface area contributed by atoms with E-state index in [0.717, 1.165) is 26.2 Å². The number of aromatic nitrogens is 1. The van der Waals surface area contributed by atoms with Crippen LogP contribution in [0.4, 0.5) is 0 Å². The van der Waals surface area contributed by atoms with Gasteiger partial charge < -0.3 is 10.1 Å². The van der Waals surface area contributed by atoms with Crippen molar-refractivity contribution in [3.8, 4) is 5.88 Å². The fourth-order valence-electron chi connectivity index (χ4n) is 2.19. The molecule has 17 heavy (non-hydrogen) atoms. The van der Waals surface area contributed by atoms with Crippen molar-refractivity contribution in [1.29, 1.82) is 0 Å². The molecule has 2 rings (SSSR count). The van der Waals surface area contributed by atoms with Crippen LogP contribution in [-0.4, -0.2) is 42.7 Å². The van der Waals surface area contributed by atoms with E-state index in [2.05, 4.69) is 28.2 Å². The third-order valence-electron chi connectivity index (χ3n) is 3.25. The Labute approximate surface area is 103 Å². The first-order valence-electron chi connectivity index (χ1n) is 6.26. The Morgan fingerprint density at radius 2 is 2.41 bits per heavy atom. The summed E-state index contributed by atoms with van der Waals surface area (Å²) in [6.45, 7) is 6.54. The molecule has 4 heteroatoms. The molecule has 0 saturated carbocycles. The van der Waals surface area contributed by atoms with Gasteiger partial charge in [0.25, 0.3) is 0 Å². The van der Waals surface area contributed by atoms with Crippen molar-refractivity contribution in [2.75, 3.05) is 26.7 Å². The Hall–Kier alpha value is -1.13. The fraction of sp³-hybridized carbons (Fsp3) is 0.615. The highest BCUT2D eigenvalue weighted by molar-refractivity contribution is 5.17. The lowest BCUT2D eigenvalue weighted by Crippen LogP contribution is -2.49. The zero-order valence-corrected chi connectivity index (χ0v) is 10.6. The molecule has 0 radical (unpaired) electrons. The van der Waals surface area contributed by atoms with Crippen LogP contribution in [-0.2, 0) is 6.54 Å². The van der Waals surface area contributed by atoms with Gasteiger partial charge in [0.2, 0.25) is 5.88 Å². The minimum absolute atomic E-state index is 0.634. The third kappa shape index (κ3) is 3.41. The standard InChI is InChI=1S/C13H21N3O/c1-3-12-10-16(7-6-14-12)9-11-4-5-13(17-2)15-8-11/h4-5,8,12,14H,3,6-7,9-10H2,1-2H3. The van der Waals surface area contributed by atoms with Crippen LogP contribution in [0.25, 0.3) is 0 Å². The van der Waals surface area contributed by atoms with E-state index in [4.69, 9.17) is 4.74 Å². The Kier molecular flexibility index (Phi) is 4.34. The Morgan fingerprint density at radius 3 is 3.06 bits per heavy atom. The summed E-state index contributed by atoms with van der Waals surface area (Å²) in [6.07, 6.45) is 3.10. The van der Waals surface area contributed by atoms with Crippen LogP contribution in [0, 0.1) is 0 Å². The molecule has 1 aromatic heterocycles. The number of nitrogens with zero attached hydrogens (tertiary/aromatic N) is 2. The molecule has 1 aliphatic rings. The van der Waals surface area contributed by atoms with E-state index >= 15 is 0 Å². The lowest BCUT2D eigenvalue weighted by molar-refractivity contribution is 0.189. The molecule has 1 atom stereocenters. The Bertz CT molecular complexity index is 339. The number of ether oxygens (including phenoxy) is 1. The number of hydrogen-bond donors (Lipinski definition) is 1. The molecular weight excluding hydrogens is 214 g/mol. The predicted octanol–water partition coefficient (Wildman–Crippen LogP) is 1.27. The van der Waals surface area contributed by atoms with E-state index in [0.29, 0.717) is 11.9 Å². The summed E-state index contributed by atoms with van der Waals surface area (Å²) in [4.78, 5) is 6.72. The normalized spacial score (nSPS) is 21.4. The smallest absolute Gasteiger partial charge is 0.212 e. The van der Waals surface area contributed by atoms with Crippen molar-refractivity contribution in [3.63, 3.8) is 0 Å². The summed E-state index contributed by atoms with van der Waals surface area (Å²) < 4.78 is 5.06. The van der Waals surface area contributed by atoms with Crippen molar-refractivity contribution in [3.05, 3.63) is 23.9 Å². The molecule has 1 aliphatic heterocycles. The van der Waals surface area contributed by atoms with Gasteiger partial charge in [0.05, 0.1) is 7.11 Å². The second-order valence-corrected chi connectivity index (χ2v) is 4.50. The first-order chi connectivity index (χ1) is 8.31. The summed E-state index contributed by atoms with van der Waals surface area (Å²) in [6, 6.07) is 4.65. The molecule has 4 nitrogen and oxygen atoms in total. The number of hydrogen-bond acceptors (Lipinski definition) is 4. The topological polar surface area (TPSA) is 37.4 Å². The van der Waals surface area contributed by atoms with E-state index in [9.17, 15) is 0 Å². The van der Waals surface area contributed by atoms with E-state index in [1.807, 2.05) is 12.3 Å². The van der Waals surface area contributed by atoms with Gasteiger partial charge in [-0.05, 0) is 12.0 Å². The van der Waals surface area contributed by atoms with Crippen molar-refractivity contribution >= 4 is 0 Å². The average molecular weight is 235 g/mol. The molecule has 94 valence electrons. The van der Waals surface area contributed by atoms with Gasteiger partial charge in [0.15, 0.2) is 0 Å². The molecule has 0 bridgehead atoms. The highest BCUT2D eigenvalue weighted by atomic mass is 16.5. The number of piperazine rings is 1. The zero-order chi connectivity index (χ0) is 12.1. The number of methoxy groups -OCH3 is 1. The fourth-order valence-corrected chi connectivity index (χ4v) is 2.19. The van der Waals surface area contributed by atoms with E-state index in [1.54, 1.807) is 7.11 Å². The van der Waals surface area contributed by atoms with Crippen LogP contribution in [0.5, 0.6) is 5.88 Å². The van der Waals surface area contributed by atoms with E-state index in [1.165, 1.54) is 12.0 Å². The molecule has 0 spiro atoms. The van der Waals surface area contributed by atoms with Crippen molar-refractivity contribution in [1.82, 2.24) is 15.2 Å². The van der Waals surface area contributed by atoms with Gasteiger partial charge in [-0.15, -0.1) is 0 Å². The molecule has 0 amide bonds. The molecule has 1 fully saturated rings. The van der Waals surface area contributed by atoms with Gasteiger partial charge in [-0.1, -0.05) is 13.0 Å². The van der Waals surface area contributed by atoms with Crippen molar-refractivity contribution in [2.24, 2.45) is 0 Å². The summed E-state index contributed by atoms with van der Waals surface area (Å²) in [5.74, 6) is 0.681. The minimum atomic E-state index is 0.634. The quantitative estimate of drug-likeness (QED) is 0.853. The lowest BCUT2D eigenvalue weighted by atomic mass is 10.1. The van der Waals surface area contributed by atoms with Crippen molar-refractivity contribution < 1.29 is 4.74 Å². The van der Waals surface area contributed by atoms with Gasteiger partial charge >= 0.3 is 0 Å². The number of nitrogens with one attached hydrogen (secondary N) is 1. The molecule has 1 N–H and O–H groups in total. The average Bonchev–Trinajstić information content (AvgIpc) is 2.40. The molecule has 1 saturated heterocycles. The van der Waals surface area contributed by atoms with Gasteiger partial charge in [-0.2, -0.15) is 0 Å². The first kappa shape index (κ1) is 12.3. The molecule has 1 aromatic rings. The van der Waals surface area contributed by atoms with Gasteiger partial charge in [0, 0.05) is 44.5 Å². The molecular formula is C13H21N3O. The van der Waals surface area contributed by atoms with Gasteiger partial charge in [-0.25, -0.2) is 4.98 Å². The van der Waals surface area contributed by atoms with Crippen molar-refractivity contribution in [2.45, 2.75) is 25.9 Å². The largest absolute Gasteiger partial charge is 0.481 e. The molecule has 1 unspecified atom stereocenters. The number of pyridine rings is 1. The summed E-state index contributed by atoms with van der Waals surface area (Å²) in [5.41, 5.74) is 1.25. The SMILES string of the molecule is CCC1CN(Cc2ccc(OC)nc2)CCN1. The molecule has 0 aliphatic carbocycles. The summed E-state index contributed by atoms with van der Waals surface area (Å²) in [5, 5.41) is 3.53. The van der Waals surface area contributed by atoms with Crippen LogP contribution in [0.3, 0.4) is 0 Å². The maximum Gasteiger partial charge on any atom is 0.212 e. The Balaban J connectivity index is 1.90. The highest BCUT2D eigenvalue weighted by Crippen LogP contribution is 2.11. The van der Waals surface area contributed by atoms with Gasteiger partial charge in [-0.3, -0.25) is 4.90 Å². The maximum atomic E-state index is 5.06. The van der Waals surface area contributed by atoms with E-state index < -0.39 is 0 Å². The van der Waals surface area contributed by atoms with Crippen LogP contribution in [0.2, 0.25) is 0 Å². The van der Waals surface area contributed by atoms with Crippen LogP contribution in [0.15, 0.2) is 18.3 Å². The monoisotopic (exact) mass is 235 g/mol. The summed E-state index contributed by atoms with van der Waals surface area (Å²) in [7, 11) is 1.64. The summed E-state index contributed by atoms with van der Waals surface area (Å²) >= 11 is 0. The maximum absolute atomic E-state index is 5.06. The van der Waals surface area contributed by atoms with Gasteiger partial charge in [0.1, 0.15) is 0 Å². The van der Waals surface area contributed by atoms with Crippen LogP contribution in [0.1, 0.15) is 18.9 Å². The first-order valence-corrected chi connectivity index (χ1v) is 6.26.